The molecule has 0 saturated carbocycles. The molecule has 0 atom stereocenters. The van der Waals surface area contributed by atoms with Gasteiger partial charge in [0.05, 0.1) is 10.9 Å². The monoisotopic (exact) mass is 569 g/mol. The third-order valence-corrected chi connectivity index (χ3v) is 5.14. The van der Waals surface area contributed by atoms with Crippen molar-refractivity contribution >= 4 is 40.2 Å². The lowest BCUT2D eigenvalue weighted by molar-refractivity contribution is -0.192. The minimum atomic E-state index is -5.08. The van der Waals surface area contributed by atoms with Crippen molar-refractivity contribution in [2.75, 3.05) is 16.4 Å². The Kier molecular flexibility index (Phi) is 8.50. The molecule has 2 aromatic carbocycles. The van der Waals surface area contributed by atoms with Crippen molar-refractivity contribution < 1.29 is 41.0 Å². The maximum Gasteiger partial charge on any atom is 0.490 e. The van der Waals surface area contributed by atoms with E-state index in [1.807, 2.05) is 13.8 Å². The third-order valence-electron chi connectivity index (χ3n) is 5.14. The van der Waals surface area contributed by atoms with Gasteiger partial charge in [-0.2, -0.15) is 31.4 Å². The number of benzene rings is 2. The highest BCUT2D eigenvalue weighted by molar-refractivity contribution is 6.01. The summed E-state index contributed by atoms with van der Waals surface area (Å²) >= 11 is 0. The standard InChI is InChI=1S/C22H20F3N7O.C2HF3O2/c1-12(2)32-20-17(19(26)27-11-28-20)18(31-32)13-3-7-15(8-4-13)29-21(33)30-16-9-5-14(6-10-16)22(23,24)25;3-2(4,5)1(6)7/h3-12H,1-2H3,(H2,26,27,28)(H2,29,30,33);(H,6,7). The zero-order chi connectivity index (χ0) is 29.8. The van der Waals surface area contributed by atoms with E-state index in [0.717, 1.165) is 17.7 Å². The van der Waals surface area contributed by atoms with Gasteiger partial charge < -0.3 is 21.5 Å². The van der Waals surface area contributed by atoms with Crippen LogP contribution in [0.2, 0.25) is 0 Å². The molecule has 0 aliphatic rings. The molecule has 0 spiro atoms. The molecule has 4 aromatic rings. The number of hydrogen-bond donors (Lipinski definition) is 4. The van der Waals surface area contributed by atoms with Gasteiger partial charge in [-0.1, -0.05) is 12.1 Å². The van der Waals surface area contributed by atoms with Crippen molar-refractivity contribution in [2.24, 2.45) is 0 Å². The van der Waals surface area contributed by atoms with Gasteiger partial charge in [-0.25, -0.2) is 24.2 Å². The summed E-state index contributed by atoms with van der Waals surface area (Å²) in [4.78, 5) is 29.5. The zero-order valence-electron chi connectivity index (χ0n) is 20.7. The zero-order valence-corrected chi connectivity index (χ0v) is 20.7. The smallest absolute Gasteiger partial charge is 0.475 e. The molecule has 10 nitrogen and oxygen atoms in total. The van der Waals surface area contributed by atoms with Gasteiger partial charge in [0, 0.05) is 23.0 Å². The minimum absolute atomic E-state index is 0.0605. The van der Waals surface area contributed by atoms with E-state index in [4.69, 9.17) is 15.6 Å². The minimum Gasteiger partial charge on any atom is -0.475 e. The predicted molar refractivity (Wildman–Crippen MR) is 133 cm³/mol. The van der Waals surface area contributed by atoms with Gasteiger partial charge >= 0.3 is 24.4 Å². The second kappa shape index (κ2) is 11.5. The van der Waals surface area contributed by atoms with E-state index in [0.29, 0.717) is 28.2 Å². The Morgan fingerprint density at radius 3 is 1.85 bits per heavy atom. The number of amides is 2. The number of carbonyl (C=O) groups is 2. The van der Waals surface area contributed by atoms with E-state index in [9.17, 15) is 31.1 Å². The van der Waals surface area contributed by atoms with Crippen LogP contribution in [0.5, 0.6) is 0 Å². The number of nitrogens with zero attached hydrogens (tertiary/aromatic N) is 4. The molecule has 0 saturated heterocycles. The summed E-state index contributed by atoms with van der Waals surface area (Å²) in [5.74, 6) is -2.44. The lowest BCUT2D eigenvalue weighted by atomic mass is 10.1. The number of rotatable bonds is 4. The maximum absolute atomic E-state index is 12.7. The molecule has 5 N–H and O–H groups in total. The Balaban J connectivity index is 0.000000559. The fraction of sp³-hybridized carbons (Fsp3) is 0.208. The Bertz CT molecular complexity index is 1500. The number of nitrogens with one attached hydrogen (secondary N) is 2. The molecule has 2 heterocycles. The molecule has 4 rings (SSSR count). The molecule has 40 heavy (non-hydrogen) atoms. The van der Waals surface area contributed by atoms with Crippen LogP contribution in [0.25, 0.3) is 22.3 Å². The number of alkyl halides is 6. The Morgan fingerprint density at radius 1 is 0.900 bits per heavy atom. The molecule has 212 valence electrons. The number of halogens is 6. The average Bonchev–Trinajstić information content (AvgIpc) is 3.25. The molecule has 0 unspecified atom stereocenters. The second-order valence-electron chi connectivity index (χ2n) is 8.38. The van der Waals surface area contributed by atoms with Crippen molar-refractivity contribution in [3.8, 4) is 11.3 Å². The molecular weight excluding hydrogens is 548 g/mol. The van der Waals surface area contributed by atoms with E-state index in [2.05, 4.69) is 25.7 Å². The Labute approximate surface area is 221 Å². The summed E-state index contributed by atoms with van der Waals surface area (Å²) < 4.78 is 71.5. The molecule has 0 radical (unpaired) electrons. The van der Waals surface area contributed by atoms with Gasteiger partial charge in [0.1, 0.15) is 17.8 Å². The highest BCUT2D eigenvalue weighted by Crippen LogP contribution is 2.32. The van der Waals surface area contributed by atoms with Crippen LogP contribution < -0.4 is 16.4 Å². The summed E-state index contributed by atoms with van der Waals surface area (Å²) in [7, 11) is 0. The van der Waals surface area contributed by atoms with Crippen LogP contribution in [0.3, 0.4) is 0 Å². The summed E-state index contributed by atoms with van der Waals surface area (Å²) in [6.45, 7) is 3.97. The van der Waals surface area contributed by atoms with Gasteiger partial charge in [0.2, 0.25) is 0 Å². The topological polar surface area (TPSA) is 148 Å². The lowest BCUT2D eigenvalue weighted by Crippen LogP contribution is -2.21. The number of aliphatic carboxylic acids is 1. The SMILES string of the molecule is CC(C)n1nc(-c2ccc(NC(=O)Nc3ccc(C(F)(F)F)cc3)cc2)c2c(N)ncnc21.O=C(O)C(F)(F)F. The number of urea groups is 1. The number of fused-ring (bicyclic) bond motifs is 1. The third kappa shape index (κ3) is 7.15. The first-order valence-corrected chi connectivity index (χ1v) is 11.2. The first-order valence-electron chi connectivity index (χ1n) is 11.2. The molecule has 0 bridgehead atoms. The number of anilines is 3. The maximum atomic E-state index is 12.7. The molecule has 16 heteroatoms. The first kappa shape index (κ1) is 29.7. The van der Waals surface area contributed by atoms with E-state index < -0.39 is 29.9 Å². The quantitative estimate of drug-likeness (QED) is 0.222. The van der Waals surface area contributed by atoms with Crippen LogP contribution in [-0.4, -0.2) is 43.0 Å². The number of carboxylic acids is 1. The van der Waals surface area contributed by atoms with E-state index in [1.165, 1.54) is 18.5 Å². The Hall–Kier alpha value is -4.89. The van der Waals surface area contributed by atoms with Crippen LogP contribution in [0, 0.1) is 0 Å². The molecule has 2 aromatic heterocycles. The summed E-state index contributed by atoms with van der Waals surface area (Å²) in [6.07, 6.45) is -8.13. The van der Waals surface area contributed by atoms with Crippen molar-refractivity contribution in [1.82, 2.24) is 19.7 Å². The van der Waals surface area contributed by atoms with Crippen molar-refractivity contribution in [2.45, 2.75) is 32.2 Å². The van der Waals surface area contributed by atoms with Crippen molar-refractivity contribution in [3.63, 3.8) is 0 Å². The summed E-state index contributed by atoms with van der Waals surface area (Å²) in [6, 6.07) is 10.6. The predicted octanol–water partition coefficient (Wildman–Crippen LogP) is 5.95. The second-order valence-corrected chi connectivity index (χ2v) is 8.38. The van der Waals surface area contributed by atoms with E-state index in [1.54, 1.807) is 28.9 Å². The molecular formula is C24H21F6N7O3. The highest BCUT2D eigenvalue weighted by Gasteiger charge is 2.38. The van der Waals surface area contributed by atoms with Gasteiger partial charge in [-0.15, -0.1) is 0 Å². The number of hydrogen-bond acceptors (Lipinski definition) is 6. The summed E-state index contributed by atoms with van der Waals surface area (Å²) in [5.41, 5.74) is 8.02. The van der Waals surface area contributed by atoms with Crippen molar-refractivity contribution in [3.05, 3.63) is 60.4 Å². The highest BCUT2D eigenvalue weighted by atomic mass is 19.4. The van der Waals surface area contributed by atoms with Gasteiger partial charge in [-0.05, 0) is 50.2 Å². The van der Waals surface area contributed by atoms with Crippen molar-refractivity contribution in [1.29, 1.82) is 0 Å². The first-order chi connectivity index (χ1) is 18.6. The number of carboxylic acid groups (broad SMARTS) is 1. The van der Waals surface area contributed by atoms with E-state index >= 15 is 0 Å². The van der Waals surface area contributed by atoms with Gasteiger partial charge in [0.25, 0.3) is 0 Å². The van der Waals surface area contributed by atoms with Crippen LogP contribution in [0.15, 0.2) is 54.9 Å². The molecule has 0 fully saturated rings. The van der Waals surface area contributed by atoms with Crippen LogP contribution >= 0.6 is 0 Å². The largest absolute Gasteiger partial charge is 0.490 e. The number of nitrogens with two attached hydrogens (primary N) is 1. The normalized spacial score (nSPS) is 11.6. The van der Waals surface area contributed by atoms with Crippen LogP contribution in [-0.2, 0) is 11.0 Å². The fourth-order valence-electron chi connectivity index (χ4n) is 3.30. The Morgan fingerprint density at radius 2 is 1.40 bits per heavy atom. The summed E-state index contributed by atoms with van der Waals surface area (Å²) in [5, 5.41) is 17.6. The number of carbonyl (C=O) groups excluding carboxylic acids is 1. The van der Waals surface area contributed by atoms with E-state index in [-0.39, 0.29) is 11.7 Å². The lowest BCUT2D eigenvalue weighted by Gasteiger charge is -2.10. The number of aromatic nitrogens is 4. The number of nitrogen functional groups attached to an aromatic ring is 1. The molecule has 0 aliphatic heterocycles. The fourth-order valence-corrected chi connectivity index (χ4v) is 3.30. The van der Waals surface area contributed by atoms with Gasteiger partial charge in [0.15, 0.2) is 5.65 Å². The molecule has 0 aliphatic carbocycles. The molecule has 2 amide bonds. The average molecular weight is 569 g/mol. The van der Waals surface area contributed by atoms with Crippen LogP contribution in [0.4, 0.5) is 48.3 Å². The van der Waals surface area contributed by atoms with Gasteiger partial charge in [-0.3, -0.25) is 0 Å². The van der Waals surface area contributed by atoms with Crippen LogP contribution in [0.1, 0.15) is 25.5 Å².